The van der Waals surface area contributed by atoms with Gasteiger partial charge in [0.05, 0.1) is 0 Å². The summed E-state index contributed by atoms with van der Waals surface area (Å²) in [7, 11) is 0. The first kappa shape index (κ1) is 15.5. The van der Waals surface area contributed by atoms with Gasteiger partial charge in [0.25, 0.3) is 0 Å². The third-order valence-corrected chi connectivity index (χ3v) is 6.92. The maximum Gasteiger partial charge on any atom is 0.0295 e. The lowest BCUT2D eigenvalue weighted by Crippen LogP contribution is -2.43. The van der Waals surface area contributed by atoms with Gasteiger partial charge >= 0.3 is 0 Å². The first-order valence-electron chi connectivity index (χ1n) is 6.69. The van der Waals surface area contributed by atoms with Crippen molar-refractivity contribution in [2.24, 2.45) is 0 Å². The third-order valence-electron chi connectivity index (χ3n) is 3.37. The second kappa shape index (κ2) is 7.75. The van der Waals surface area contributed by atoms with E-state index in [9.17, 15) is 0 Å². The Morgan fingerprint density at radius 2 is 2.12 bits per heavy atom. The van der Waals surface area contributed by atoms with Crippen molar-refractivity contribution in [2.45, 2.75) is 62.3 Å². The van der Waals surface area contributed by atoms with E-state index >= 15 is 0 Å². The quantitative estimate of drug-likeness (QED) is 0.736. The zero-order valence-corrected chi connectivity index (χ0v) is 13.3. The van der Waals surface area contributed by atoms with Gasteiger partial charge in [-0.05, 0) is 26.3 Å². The number of thioether (sulfide) groups is 2. The molecule has 4 atom stereocenters. The van der Waals surface area contributed by atoms with Gasteiger partial charge in [-0.15, -0.1) is 6.58 Å². The maximum absolute atomic E-state index is 4.02. The average molecular weight is 274 g/mol. The summed E-state index contributed by atoms with van der Waals surface area (Å²) in [6, 6.07) is 0.657. The Kier molecular flexibility index (Phi) is 7.05. The Hall–Kier alpha value is 0.400. The zero-order chi connectivity index (χ0) is 12.8. The first-order valence-corrected chi connectivity index (χ1v) is 8.68. The van der Waals surface area contributed by atoms with Gasteiger partial charge < -0.3 is 5.32 Å². The van der Waals surface area contributed by atoms with Gasteiger partial charge in [0.1, 0.15) is 0 Å². The van der Waals surface area contributed by atoms with Crippen molar-refractivity contribution in [3.63, 3.8) is 0 Å². The smallest absolute Gasteiger partial charge is 0.0295 e. The SMILES string of the molecule is C=C(C)CCC(NCC)C1CSC(C)C(C)S1. The van der Waals surface area contributed by atoms with Crippen molar-refractivity contribution in [1.29, 1.82) is 0 Å². The summed E-state index contributed by atoms with van der Waals surface area (Å²) in [6.07, 6.45) is 2.39. The molecule has 1 saturated heterocycles. The Morgan fingerprint density at radius 1 is 1.41 bits per heavy atom. The van der Waals surface area contributed by atoms with Crippen LogP contribution in [0, 0.1) is 0 Å². The van der Waals surface area contributed by atoms with Crippen LogP contribution in [0.4, 0.5) is 0 Å². The highest BCUT2D eigenvalue weighted by Gasteiger charge is 2.30. The van der Waals surface area contributed by atoms with Gasteiger partial charge in [-0.25, -0.2) is 0 Å². The van der Waals surface area contributed by atoms with Crippen LogP contribution in [0.15, 0.2) is 12.2 Å². The van der Waals surface area contributed by atoms with Gasteiger partial charge in [0.15, 0.2) is 0 Å². The van der Waals surface area contributed by atoms with Crippen molar-refractivity contribution in [3.8, 4) is 0 Å². The highest BCUT2D eigenvalue weighted by Crippen LogP contribution is 2.37. The fourth-order valence-corrected chi connectivity index (χ4v) is 5.27. The summed E-state index contributed by atoms with van der Waals surface area (Å²) in [5.41, 5.74) is 1.31. The van der Waals surface area contributed by atoms with Crippen LogP contribution < -0.4 is 5.32 Å². The van der Waals surface area contributed by atoms with Gasteiger partial charge in [-0.3, -0.25) is 0 Å². The third kappa shape index (κ3) is 5.27. The van der Waals surface area contributed by atoms with Crippen LogP contribution in [-0.4, -0.2) is 34.1 Å². The Balaban J connectivity index is 2.48. The summed E-state index contributed by atoms with van der Waals surface area (Å²) in [4.78, 5) is 0. The van der Waals surface area contributed by atoms with Gasteiger partial charge in [-0.1, -0.05) is 26.3 Å². The highest BCUT2D eigenvalue weighted by atomic mass is 32.2. The van der Waals surface area contributed by atoms with Crippen LogP contribution in [0.1, 0.15) is 40.5 Å². The molecule has 1 rings (SSSR count). The lowest BCUT2D eigenvalue weighted by atomic mass is 10.1. The molecule has 1 fully saturated rings. The summed E-state index contributed by atoms with van der Waals surface area (Å²) in [6.45, 7) is 14.2. The molecule has 0 aromatic rings. The van der Waals surface area contributed by atoms with Crippen LogP contribution in [0.2, 0.25) is 0 Å². The van der Waals surface area contributed by atoms with E-state index in [-0.39, 0.29) is 0 Å². The van der Waals surface area contributed by atoms with E-state index in [0.717, 1.165) is 28.7 Å². The van der Waals surface area contributed by atoms with Crippen molar-refractivity contribution in [1.82, 2.24) is 5.32 Å². The molecule has 1 nitrogen and oxygen atoms in total. The maximum atomic E-state index is 4.02. The van der Waals surface area contributed by atoms with E-state index in [2.05, 4.69) is 63.1 Å². The Morgan fingerprint density at radius 3 is 2.65 bits per heavy atom. The second-order valence-electron chi connectivity index (χ2n) is 5.08. The molecule has 4 unspecified atom stereocenters. The highest BCUT2D eigenvalue weighted by molar-refractivity contribution is 8.07. The minimum atomic E-state index is 0.657. The van der Waals surface area contributed by atoms with Crippen LogP contribution in [0.3, 0.4) is 0 Å². The van der Waals surface area contributed by atoms with E-state index < -0.39 is 0 Å². The van der Waals surface area contributed by atoms with E-state index in [0.29, 0.717) is 6.04 Å². The molecular weight excluding hydrogens is 246 g/mol. The fraction of sp³-hybridized carbons (Fsp3) is 0.857. The summed E-state index contributed by atoms with van der Waals surface area (Å²) < 4.78 is 0. The van der Waals surface area contributed by atoms with E-state index in [1.165, 1.54) is 17.7 Å². The predicted molar refractivity (Wildman–Crippen MR) is 84.3 cm³/mol. The van der Waals surface area contributed by atoms with E-state index in [4.69, 9.17) is 0 Å². The van der Waals surface area contributed by atoms with Crippen molar-refractivity contribution >= 4 is 23.5 Å². The number of hydrogen-bond acceptors (Lipinski definition) is 3. The molecule has 0 aromatic carbocycles. The van der Waals surface area contributed by atoms with Crippen LogP contribution >= 0.6 is 23.5 Å². The number of rotatable bonds is 6. The van der Waals surface area contributed by atoms with Crippen molar-refractivity contribution in [2.75, 3.05) is 12.3 Å². The van der Waals surface area contributed by atoms with Crippen molar-refractivity contribution in [3.05, 3.63) is 12.2 Å². The molecule has 100 valence electrons. The topological polar surface area (TPSA) is 12.0 Å². The normalized spacial score (nSPS) is 31.2. The standard InChI is InChI=1S/C14H27NS2/c1-6-15-13(8-7-10(2)3)14-9-16-11(4)12(5)17-14/h11-15H,2,6-9H2,1,3-5H3. The minimum Gasteiger partial charge on any atom is -0.313 e. The van der Waals surface area contributed by atoms with Gasteiger partial charge in [0, 0.05) is 27.5 Å². The van der Waals surface area contributed by atoms with Gasteiger partial charge in [0.2, 0.25) is 0 Å². The predicted octanol–water partition coefficient (Wildman–Crippen LogP) is 3.95. The van der Waals surface area contributed by atoms with E-state index in [1.54, 1.807) is 0 Å². The molecular formula is C14H27NS2. The van der Waals surface area contributed by atoms with Gasteiger partial charge in [-0.2, -0.15) is 23.5 Å². The lowest BCUT2D eigenvalue weighted by Gasteiger charge is -2.36. The molecule has 0 spiro atoms. The lowest BCUT2D eigenvalue weighted by molar-refractivity contribution is 0.490. The summed E-state index contributed by atoms with van der Waals surface area (Å²) >= 11 is 4.32. The van der Waals surface area contributed by atoms with Crippen LogP contribution in [0.5, 0.6) is 0 Å². The number of allylic oxidation sites excluding steroid dienone is 1. The zero-order valence-electron chi connectivity index (χ0n) is 11.7. The average Bonchev–Trinajstić information content (AvgIpc) is 2.28. The summed E-state index contributed by atoms with van der Waals surface area (Å²) in [5, 5.41) is 6.02. The summed E-state index contributed by atoms with van der Waals surface area (Å²) in [5.74, 6) is 1.30. The van der Waals surface area contributed by atoms with Crippen molar-refractivity contribution < 1.29 is 0 Å². The van der Waals surface area contributed by atoms with Crippen LogP contribution in [-0.2, 0) is 0 Å². The number of nitrogens with one attached hydrogen (secondary N) is 1. The molecule has 1 aliphatic rings. The van der Waals surface area contributed by atoms with Crippen LogP contribution in [0.25, 0.3) is 0 Å². The second-order valence-corrected chi connectivity index (χ2v) is 8.11. The van der Waals surface area contributed by atoms with E-state index in [1.807, 2.05) is 0 Å². The molecule has 17 heavy (non-hydrogen) atoms. The molecule has 0 aliphatic carbocycles. The molecule has 1 N–H and O–H groups in total. The molecule has 1 aliphatic heterocycles. The Bertz CT molecular complexity index is 242. The number of hydrogen-bond donors (Lipinski definition) is 1. The Labute approximate surface area is 116 Å². The molecule has 0 saturated carbocycles. The molecule has 0 aromatic heterocycles. The molecule has 0 amide bonds. The largest absolute Gasteiger partial charge is 0.313 e. The molecule has 3 heteroatoms. The first-order chi connectivity index (χ1) is 8.04. The molecule has 1 heterocycles. The molecule has 0 bridgehead atoms. The fourth-order valence-electron chi connectivity index (χ4n) is 2.10. The minimum absolute atomic E-state index is 0.657. The molecule has 0 radical (unpaired) electrons. The monoisotopic (exact) mass is 273 g/mol.